The van der Waals surface area contributed by atoms with Crippen LogP contribution in [0.4, 0.5) is 4.79 Å². The van der Waals surface area contributed by atoms with Crippen LogP contribution in [0.1, 0.15) is 52.9 Å². The Bertz CT molecular complexity index is 587. The number of rotatable bonds is 9. The van der Waals surface area contributed by atoms with E-state index < -0.39 is 29.9 Å². The molecular weight excluding hydrogens is 400 g/mol. The lowest BCUT2D eigenvalue weighted by molar-refractivity contribution is -0.128. The van der Waals surface area contributed by atoms with Gasteiger partial charge in [-0.3, -0.25) is 9.59 Å². The number of halogens is 1. The molecule has 4 amide bonds. The second-order valence-electron chi connectivity index (χ2n) is 6.84. The van der Waals surface area contributed by atoms with Gasteiger partial charge in [0.05, 0.1) is 0 Å². The highest BCUT2D eigenvalue weighted by atomic mass is 79.9. The fraction of sp³-hybridized carbons (Fsp3) is 0.611. The van der Waals surface area contributed by atoms with Gasteiger partial charge in [0.1, 0.15) is 12.1 Å². The van der Waals surface area contributed by atoms with Crippen LogP contribution in [0.25, 0.3) is 0 Å². The summed E-state index contributed by atoms with van der Waals surface area (Å²) in [6, 6.07) is -1.90. The van der Waals surface area contributed by atoms with Crippen molar-refractivity contribution in [3.05, 3.63) is 22.3 Å². The third-order valence-electron chi connectivity index (χ3n) is 3.94. The molecule has 0 spiro atoms. The molecular formula is C18H29BrN4O3. The zero-order chi connectivity index (χ0) is 19.7. The van der Waals surface area contributed by atoms with E-state index in [2.05, 4.69) is 31.9 Å². The first-order valence-electron chi connectivity index (χ1n) is 8.95. The van der Waals surface area contributed by atoms with E-state index in [4.69, 9.17) is 5.73 Å². The predicted octanol–water partition coefficient (Wildman–Crippen LogP) is 2.43. The van der Waals surface area contributed by atoms with Crippen molar-refractivity contribution in [1.82, 2.24) is 16.0 Å². The van der Waals surface area contributed by atoms with Gasteiger partial charge in [-0.05, 0) is 42.2 Å². The van der Waals surface area contributed by atoms with E-state index in [0.29, 0.717) is 25.7 Å². The van der Waals surface area contributed by atoms with Crippen molar-refractivity contribution < 1.29 is 14.4 Å². The molecule has 1 aliphatic rings. The molecule has 7 nitrogen and oxygen atoms in total. The molecule has 0 unspecified atom stereocenters. The van der Waals surface area contributed by atoms with Gasteiger partial charge in [0.2, 0.25) is 11.8 Å². The van der Waals surface area contributed by atoms with Crippen molar-refractivity contribution in [2.45, 2.75) is 65.0 Å². The minimum atomic E-state index is -0.736. The van der Waals surface area contributed by atoms with E-state index in [1.807, 2.05) is 32.9 Å². The van der Waals surface area contributed by atoms with E-state index in [-0.39, 0.29) is 5.92 Å². The van der Waals surface area contributed by atoms with Gasteiger partial charge in [0.15, 0.2) is 0 Å². The molecule has 1 rings (SSSR count). The summed E-state index contributed by atoms with van der Waals surface area (Å²) in [6.45, 7) is 5.83. The summed E-state index contributed by atoms with van der Waals surface area (Å²) in [5, 5.41) is 8.13. The van der Waals surface area contributed by atoms with E-state index in [9.17, 15) is 14.4 Å². The van der Waals surface area contributed by atoms with Gasteiger partial charge in [-0.25, -0.2) is 4.79 Å². The van der Waals surface area contributed by atoms with Crippen molar-refractivity contribution in [3.63, 3.8) is 0 Å². The van der Waals surface area contributed by atoms with Crippen LogP contribution in [-0.4, -0.2) is 29.9 Å². The Balaban J connectivity index is 2.71. The highest BCUT2D eigenvalue weighted by Crippen LogP contribution is 2.20. The molecule has 26 heavy (non-hydrogen) atoms. The molecule has 8 heteroatoms. The Labute approximate surface area is 163 Å². The minimum absolute atomic E-state index is 0.192. The highest BCUT2D eigenvalue weighted by molar-refractivity contribution is 9.11. The average Bonchev–Trinajstić information content (AvgIpc) is 2.55. The van der Waals surface area contributed by atoms with Crippen molar-refractivity contribution in [2.75, 3.05) is 0 Å². The molecule has 0 heterocycles. The normalized spacial score (nSPS) is 16.2. The number of carbonyl (C=O) groups is 3. The monoisotopic (exact) mass is 428 g/mol. The number of amides is 4. The fourth-order valence-electron chi connectivity index (χ4n) is 2.61. The van der Waals surface area contributed by atoms with Gasteiger partial charge >= 0.3 is 6.03 Å². The van der Waals surface area contributed by atoms with E-state index in [1.54, 1.807) is 0 Å². The second-order valence-corrected chi connectivity index (χ2v) is 7.86. The van der Waals surface area contributed by atoms with Crippen LogP contribution in [0, 0.1) is 5.92 Å². The van der Waals surface area contributed by atoms with Crippen LogP contribution in [0.2, 0.25) is 0 Å². The van der Waals surface area contributed by atoms with Gasteiger partial charge in [0.25, 0.3) is 0 Å². The number of hydrogen-bond donors (Lipinski definition) is 4. The molecule has 5 N–H and O–H groups in total. The number of allylic oxidation sites excluding steroid dienone is 4. The number of carbonyl (C=O) groups excluding carboxylic acids is 3. The summed E-state index contributed by atoms with van der Waals surface area (Å²) in [5.41, 5.74) is 6.13. The molecule has 2 atom stereocenters. The van der Waals surface area contributed by atoms with E-state index in [0.717, 1.165) is 16.6 Å². The molecule has 0 saturated carbocycles. The molecule has 146 valence electrons. The Morgan fingerprint density at radius 2 is 1.85 bits per heavy atom. The van der Waals surface area contributed by atoms with Crippen LogP contribution in [0.3, 0.4) is 0 Å². The highest BCUT2D eigenvalue weighted by Gasteiger charge is 2.26. The van der Waals surface area contributed by atoms with Crippen LogP contribution in [-0.2, 0) is 9.59 Å². The quantitative estimate of drug-likeness (QED) is 0.451. The Kier molecular flexibility index (Phi) is 9.40. The van der Waals surface area contributed by atoms with Crippen LogP contribution >= 0.6 is 15.9 Å². The summed E-state index contributed by atoms with van der Waals surface area (Å²) < 4.78 is 1.08. The van der Waals surface area contributed by atoms with Crippen LogP contribution in [0.15, 0.2) is 22.3 Å². The lowest BCUT2D eigenvalue weighted by atomic mass is 10.0. The van der Waals surface area contributed by atoms with Crippen molar-refractivity contribution in [3.8, 4) is 0 Å². The lowest BCUT2D eigenvalue weighted by Gasteiger charge is -2.23. The molecule has 0 bridgehead atoms. The topological polar surface area (TPSA) is 113 Å². The molecule has 0 aliphatic heterocycles. The maximum Gasteiger partial charge on any atom is 0.319 e. The zero-order valence-electron chi connectivity index (χ0n) is 15.6. The zero-order valence-corrected chi connectivity index (χ0v) is 17.2. The number of nitrogens with two attached hydrogens (primary N) is 1. The first kappa shape index (κ1) is 22.2. The molecule has 0 fully saturated rings. The minimum Gasteiger partial charge on any atom is -0.368 e. The fourth-order valence-corrected chi connectivity index (χ4v) is 2.94. The molecule has 0 aromatic rings. The predicted molar refractivity (Wildman–Crippen MR) is 105 cm³/mol. The second kappa shape index (κ2) is 11.0. The first-order chi connectivity index (χ1) is 12.2. The molecule has 0 radical (unpaired) electrons. The lowest BCUT2D eigenvalue weighted by Crippen LogP contribution is -2.54. The number of primary amides is 1. The SMILES string of the molecule is CCC[C@H](NC(=O)[C@H](CC(C)C)NC(=O)NC1=CC=C(Br)CC1)C(N)=O. The van der Waals surface area contributed by atoms with Crippen LogP contribution < -0.4 is 21.7 Å². The first-order valence-corrected chi connectivity index (χ1v) is 9.74. The maximum absolute atomic E-state index is 12.5. The third-order valence-corrected chi connectivity index (χ3v) is 4.60. The summed E-state index contributed by atoms with van der Waals surface area (Å²) in [4.78, 5) is 36.3. The van der Waals surface area contributed by atoms with Crippen molar-refractivity contribution in [1.29, 1.82) is 0 Å². The van der Waals surface area contributed by atoms with Crippen molar-refractivity contribution >= 4 is 33.8 Å². The van der Waals surface area contributed by atoms with Gasteiger partial charge in [-0.1, -0.05) is 49.2 Å². The Morgan fingerprint density at radius 3 is 2.35 bits per heavy atom. The van der Waals surface area contributed by atoms with E-state index in [1.165, 1.54) is 0 Å². The summed E-state index contributed by atoms with van der Waals surface area (Å²) in [5.74, 6) is -0.777. The average molecular weight is 429 g/mol. The van der Waals surface area contributed by atoms with E-state index >= 15 is 0 Å². The molecule has 1 aliphatic carbocycles. The standard InChI is InChI=1S/C18H29BrN4O3/c1-4-5-14(16(20)24)22-17(25)15(10-11(2)3)23-18(26)21-13-8-6-12(19)7-9-13/h6,8,11,14-15H,4-5,7,9-10H2,1-3H3,(H2,20,24)(H,22,25)(H2,21,23,26)/t14-,15-/m0/s1. The summed E-state index contributed by atoms with van der Waals surface area (Å²) in [6.07, 6.45) is 6.89. The summed E-state index contributed by atoms with van der Waals surface area (Å²) in [7, 11) is 0. The summed E-state index contributed by atoms with van der Waals surface area (Å²) >= 11 is 3.41. The van der Waals surface area contributed by atoms with Crippen molar-refractivity contribution in [2.24, 2.45) is 11.7 Å². The van der Waals surface area contributed by atoms with Gasteiger partial charge < -0.3 is 21.7 Å². The molecule has 0 aromatic heterocycles. The Morgan fingerprint density at radius 1 is 1.15 bits per heavy atom. The number of nitrogens with one attached hydrogen (secondary N) is 3. The van der Waals surface area contributed by atoms with Gasteiger partial charge in [-0.15, -0.1) is 0 Å². The number of hydrogen-bond acceptors (Lipinski definition) is 3. The Hall–Kier alpha value is -1.83. The maximum atomic E-state index is 12.5. The van der Waals surface area contributed by atoms with Gasteiger partial charge in [-0.2, -0.15) is 0 Å². The smallest absolute Gasteiger partial charge is 0.319 e. The van der Waals surface area contributed by atoms with Crippen LogP contribution in [0.5, 0.6) is 0 Å². The van der Waals surface area contributed by atoms with Gasteiger partial charge in [0, 0.05) is 5.70 Å². The molecule has 0 saturated heterocycles. The largest absolute Gasteiger partial charge is 0.368 e. The molecule has 0 aromatic carbocycles. The number of urea groups is 1. The third kappa shape index (κ3) is 8.03.